The number of esters is 1. The number of ether oxygens (including phenoxy) is 2. The number of carbonyl (C=O) groups is 2. The Balaban J connectivity index is 1.53. The van der Waals surface area contributed by atoms with Gasteiger partial charge in [0.1, 0.15) is 5.60 Å². The summed E-state index contributed by atoms with van der Waals surface area (Å²) in [5.74, 6) is -0.369. The Morgan fingerprint density at radius 1 is 1.09 bits per heavy atom. The molecule has 0 saturated carbocycles. The highest BCUT2D eigenvalue weighted by Crippen LogP contribution is 2.20. The molecule has 0 radical (unpaired) electrons. The molecule has 0 spiro atoms. The summed E-state index contributed by atoms with van der Waals surface area (Å²) in [5.41, 5.74) is 2.46. The number of rotatable bonds is 5. The Morgan fingerprint density at radius 2 is 1.84 bits per heavy atom. The van der Waals surface area contributed by atoms with Gasteiger partial charge in [-0.25, -0.2) is 9.59 Å². The molecule has 3 rings (SSSR count). The second kappa shape index (κ2) is 10.5. The topological polar surface area (TPSA) is 72.0 Å². The van der Waals surface area contributed by atoms with E-state index in [2.05, 4.69) is 14.6 Å². The lowest BCUT2D eigenvalue weighted by Gasteiger charge is -2.36. The smallest absolute Gasteiger partial charge is 0.410 e. The van der Waals surface area contributed by atoms with E-state index < -0.39 is 5.60 Å². The van der Waals surface area contributed by atoms with E-state index >= 15 is 0 Å². The van der Waals surface area contributed by atoms with Crippen molar-refractivity contribution in [2.45, 2.75) is 26.4 Å². The quantitative estimate of drug-likeness (QED) is 0.486. The van der Waals surface area contributed by atoms with Crippen LogP contribution in [-0.4, -0.2) is 60.8 Å². The summed E-state index contributed by atoms with van der Waals surface area (Å²) >= 11 is 1.55. The van der Waals surface area contributed by atoms with Crippen molar-refractivity contribution in [3.05, 3.63) is 52.0 Å². The van der Waals surface area contributed by atoms with Crippen LogP contribution < -0.4 is 4.90 Å². The number of hydrogen-bond donors (Lipinski definition) is 0. The summed E-state index contributed by atoms with van der Waals surface area (Å²) < 4.78 is 10.1. The molecule has 3 heterocycles. The first-order chi connectivity index (χ1) is 15.2. The van der Waals surface area contributed by atoms with Crippen molar-refractivity contribution < 1.29 is 19.1 Å². The van der Waals surface area contributed by atoms with Crippen LogP contribution in [0, 0.1) is 0 Å². The number of aromatic nitrogens is 1. The van der Waals surface area contributed by atoms with Crippen molar-refractivity contribution in [3.63, 3.8) is 0 Å². The van der Waals surface area contributed by atoms with Crippen LogP contribution in [0.15, 0.2) is 35.9 Å². The predicted octanol–water partition coefficient (Wildman–Crippen LogP) is 4.56. The lowest BCUT2D eigenvalue weighted by molar-refractivity contribution is -0.134. The number of anilines is 1. The Labute approximate surface area is 193 Å². The molecule has 2 aromatic heterocycles. The zero-order chi connectivity index (χ0) is 23.1. The normalized spacial score (nSPS) is 14.9. The second-order valence-corrected chi connectivity index (χ2v) is 9.31. The van der Waals surface area contributed by atoms with Gasteiger partial charge >= 0.3 is 12.1 Å². The van der Waals surface area contributed by atoms with Crippen LogP contribution in [0.3, 0.4) is 0 Å². The average molecular weight is 456 g/mol. The highest BCUT2D eigenvalue weighted by Gasteiger charge is 2.25. The van der Waals surface area contributed by atoms with Crippen molar-refractivity contribution in [1.82, 2.24) is 9.88 Å². The first-order valence-electron chi connectivity index (χ1n) is 10.4. The second-order valence-electron chi connectivity index (χ2n) is 8.37. The van der Waals surface area contributed by atoms with Gasteiger partial charge in [0.2, 0.25) is 0 Å². The van der Waals surface area contributed by atoms with E-state index in [1.54, 1.807) is 22.3 Å². The van der Waals surface area contributed by atoms with Gasteiger partial charge in [0.15, 0.2) is 0 Å². The number of amides is 1. The molecule has 32 heavy (non-hydrogen) atoms. The Kier molecular flexibility index (Phi) is 7.69. The van der Waals surface area contributed by atoms with Gasteiger partial charge in [0.25, 0.3) is 0 Å². The van der Waals surface area contributed by atoms with Gasteiger partial charge in [0.05, 0.1) is 24.7 Å². The minimum absolute atomic E-state index is 0.256. The van der Waals surface area contributed by atoms with Crippen molar-refractivity contribution in [2.75, 3.05) is 38.2 Å². The van der Waals surface area contributed by atoms with Crippen LogP contribution in [0.4, 0.5) is 10.5 Å². The van der Waals surface area contributed by atoms with Gasteiger partial charge in [0, 0.05) is 37.1 Å². The maximum absolute atomic E-state index is 12.2. The van der Waals surface area contributed by atoms with Gasteiger partial charge in [-0.3, -0.25) is 4.98 Å². The first kappa shape index (κ1) is 23.5. The molecule has 1 aliphatic rings. The van der Waals surface area contributed by atoms with E-state index in [1.165, 1.54) is 13.2 Å². The highest BCUT2D eigenvalue weighted by molar-refractivity contribution is 7.11. The van der Waals surface area contributed by atoms with Crippen LogP contribution in [-0.2, 0) is 14.3 Å². The fraction of sp³-hybridized carbons (Fsp3) is 0.375. The van der Waals surface area contributed by atoms with E-state index in [0.717, 1.165) is 34.9 Å². The number of nitrogens with zero attached hydrogens (tertiary/aromatic N) is 3. The van der Waals surface area contributed by atoms with E-state index in [-0.39, 0.29) is 12.1 Å². The minimum atomic E-state index is -0.480. The van der Waals surface area contributed by atoms with Crippen LogP contribution in [0.1, 0.15) is 36.9 Å². The zero-order valence-electron chi connectivity index (χ0n) is 18.9. The first-order valence-corrected chi connectivity index (χ1v) is 11.3. The average Bonchev–Trinajstić information content (AvgIpc) is 3.23. The van der Waals surface area contributed by atoms with Gasteiger partial charge in [-0.15, -0.1) is 11.3 Å². The molecule has 2 aromatic rings. The fourth-order valence-electron chi connectivity index (χ4n) is 3.10. The highest BCUT2D eigenvalue weighted by atomic mass is 32.1. The molecule has 0 atom stereocenters. The monoisotopic (exact) mass is 455 g/mol. The summed E-state index contributed by atoms with van der Waals surface area (Å²) in [7, 11) is 1.36. The van der Waals surface area contributed by atoms with Crippen molar-refractivity contribution in [3.8, 4) is 0 Å². The predicted molar refractivity (Wildman–Crippen MR) is 129 cm³/mol. The number of carbonyl (C=O) groups excluding carboxylic acids is 2. The fourth-order valence-corrected chi connectivity index (χ4v) is 3.87. The molecule has 0 unspecified atom stereocenters. The van der Waals surface area contributed by atoms with Crippen molar-refractivity contribution >= 4 is 47.3 Å². The number of hydrogen-bond acceptors (Lipinski definition) is 7. The maximum Gasteiger partial charge on any atom is 0.410 e. The Bertz CT molecular complexity index is 981. The molecule has 170 valence electrons. The lowest BCUT2D eigenvalue weighted by Crippen LogP contribution is -2.50. The van der Waals surface area contributed by atoms with Crippen LogP contribution >= 0.6 is 11.3 Å². The Morgan fingerprint density at radius 3 is 2.47 bits per heavy atom. The van der Waals surface area contributed by atoms with Gasteiger partial charge in [-0.1, -0.05) is 6.08 Å². The minimum Gasteiger partial charge on any atom is -0.466 e. The van der Waals surface area contributed by atoms with E-state index in [0.29, 0.717) is 13.1 Å². The third-order valence-electron chi connectivity index (χ3n) is 4.74. The van der Waals surface area contributed by atoms with Crippen LogP contribution in [0.5, 0.6) is 0 Å². The molecule has 1 saturated heterocycles. The summed E-state index contributed by atoms with van der Waals surface area (Å²) in [5, 5.41) is 2.02. The maximum atomic E-state index is 12.2. The van der Waals surface area contributed by atoms with Crippen LogP contribution in [0.25, 0.3) is 18.2 Å². The summed E-state index contributed by atoms with van der Waals surface area (Å²) in [6.07, 6.45) is 8.71. The lowest BCUT2D eigenvalue weighted by atomic mass is 10.2. The SMILES string of the molecule is COC(=O)C=Cc1cc(C=Cc2ccc(N3CCN(C(=O)OC(C)(C)C)CC3)cn2)cs1. The largest absolute Gasteiger partial charge is 0.466 e. The number of thiophene rings is 1. The number of methoxy groups -OCH3 is 1. The van der Waals surface area contributed by atoms with Crippen molar-refractivity contribution in [2.24, 2.45) is 0 Å². The molecule has 1 amide bonds. The van der Waals surface area contributed by atoms with E-state index in [4.69, 9.17) is 4.74 Å². The summed E-state index contributed by atoms with van der Waals surface area (Å²) in [4.78, 5) is 32.9. The number of piperazine rings is 1. The molecule has 0 aromatic carbocycles. The van der Waals surface area contributed by atoms with Gasteiger partial charge in [-0.2, -0.15) is 0 Å². The molecule has 0 N–H and O–H groups in total. The van der Waals surface area contributed by atoms with Gasteiger partial charge in [-0.05, 0) is 62.1 Å². The molecular weight excluding hydrogens is 426 g/mol. The molecule has 1 fully saturated rings. The Hall–Kier alpha value is -3.13. The number of pyridine rings is 1. The van der Waals surface area contributed by atoms with Crippen molar-refractivity contribution in [1.29, 1.82) is 0 Å². The van der Waals surface area contributed by atoms with E-state index in [9.17, 15) is 9.59 Å². The molecule has 8 heteroatoms. The summed E-state index contributed by atoms with van der Waals surface area (Å²) in [6, 6.07) is 6.03. The zero-order valence-corrected chi connectivity index (χ0v) is 19.7. The third-order valence-corrected chi connectivity index (χ3v) is 5.65. The standard InChI is InChI=1S/C24H29N3O4S/c1-24(2,3)31-23(29)27-13-11-26(12-14-27)20-8-7-19(25-16-20)6-5-18-15-21(32-17-18)9-10-22(28)30-4/h5-10,15-17H,11-14H2,1-4H3. The summed E-state index contributed by atoms with van der Waals surface area (Å²) in [6.45, 7) is 8.37. The van der Waals surface area contributed by atoms with Gasteiger partial charge < -0.3 is 19.3 Å². The third kappa shape index (κ3) is 6.95. The molecule has 1 aliphatic heterocycles. The molecular formula is C24H29N3O4S. The van der Waals surface area contributed by atoms with E-state index in [1.807, 2.05) is 62.7 Å². The molecule has 7 nitrogen and oxygen atoms in total. The molecule has 0 aliphatic carbocycles. The molecule has 0 bridgehead atoms. The van der Waals surface area contributed by atoms with Crippen LogP contribution in [0.2, 0.25) is 0 Å².